The van der Waals surface area contributed by atoms with Gasteiger partial charge in [-0.2, -0.15) is 5.10 Å². The van der Waals surface area contributed by atoms with Crippen LogP contribution in [0.4, 0.5) is 4.79 Å². The average molecular weight is 294 g/mol. The lowest BCUT2D eigenvalue weighted by atomic mass is 10.0. The third kappa shape index (κ3) is 3.74. The SMILES string of the molecule is CCc1nn(C)cc1CNC(=O)NC1CCCC1C(=O)O. The number of hydrogen-bond donors (Lipinski definition) is 3. The highest BCUT2D eigenvalue weighted by Gasteiger charge is 2.33. The zero-order chi connectivity index (χ0) is 15.4. The monoisotopic (exact) mass is 294 g/mol. The number of urea groups is 1. The first kappa shape index (κ1) is 15.3. The Morgan fingerprint density at radius 1 is 1.48 bits per heavy atom. The number of hydrogen-bond acceptors (Lipinski definition) is 3. The van der Waals surface area contributed by atoms with Crippen LogP contribution in [0.2, 0.25) is 0 Å². The smallest absolute Gasteiger partial charge is 0.315 e. The molecule has 0 spiro atoms. The zero-order valence-corrected chi connectivity index (χ0v) is 12.4. The summed E-state index contributed by atoms with van der Waals surface area (Å²) >= 11 is 0. The van der Waals surface area contributed by atoms with Gasteiger partial charge in [0.2, 0.25) is 0 Å². The van der Waals surface area contributed by atoms with Gasteiger partial charge >= 0.3 is 12.0 Å². The fourth-order valence-corrected chi connectivity index (χ4v) is 2.85. The molecule has 0 saturated heterocycles. The number of carboxylic acid groups (broad SMARTS) is 1. The van der Waals surface area contributed by atoms with Gasteiger partial charge in [0.15, 0.2) is 0 Å². The summed E-state index contributed by atoms with van der Waals surface area (Å²) in [6, 6.07) is -0.596. The molecule has 0 aliphatic heterocycles. The van der Waals surface area contributed by atoms with E-state index in [2.05, 4.69) is 15.7 Å². The Labute approximate surface area is 123 Å². The maximum absolute atomic E-state index is 11.9. The minimum absolute atomic E-state index is 0.276. The van der Waals surface area contributed by atoms with Crippen molar-refractivity contribution >= 4 is 12.0 Å². The van der Waals surface area contributed by atoms with Gasteiger partial charge in [-0.1, -0.05) is 13.3 Å². The van der Waals surface area contributed by atoms with Gasteiger partial charge in [0.05, 0.1) is 11.6 Å². The summed E-state index contributed by atoms with van der Waals surface area (Å²) in [5, 5.41) is 18.9. The second-order valence-electron chi connectivity index (χ2n) is 5.44. The van der Waals surface area contributed by atoms with Gasteiger partial charge in [0, 0.05) is 31.4 Å². The van der Waals surface area contributed by atoms with Crippen LogP contribution in [0.25, 0.3) is 0 Å². The molecule has 0 bridgehead atoms. The molecular formula is C14H22N4O3. The van der Waals surface area contributed by atoms with Crippen molar-refractivity contribution in [1.82, 2.24) is 20.4 Å². The summed E-state index contributed by atoms with van der Waals surface area (Å²) < 4.78 is 1.73. The van der Waals surface area contributed by atoms with Crippen LogP contribution in [0, 0.1) is 5.92 Å². The van der Waals surface area contributed by atoms with Crippen LogP contribution in [-0.2, 0) is 24.8 Å². The molecule has 1 aliphatic rings. The summed E-state index contributed by atoms with van der Waals surface area (Å²) in [6.45, 7) is 2.41. The molecule has 2 rings (SSSR count). The molecule has 3 N–H and O–H groups in total. The molecule has 2 amide bonds. The van der Waals surface area contributed by atoms with E-state index >= 15 is 0 Å². The van der Waals surface area contributed by atoms with Crippen molar-refractivity contribution in [3.8, 4) is 0 Å². The predicted molar refractivity (Wildman–Crippen MR) is 76.7 cm³/mol. The van der Waals surface area contributed by atoms with Crippen molar-refractivity contribution < 1.29 is 14.7 Å². The van der Waals surface area contributed by atoms with E-state index < -0.39 is 11.9 Å². The van der Waals surface area contributed by atoms with Crippen molar-refractivity contribution in [2.24, 2.45) is 13.0 Å². The summed E-state index contributed by atoms with van der Waals surface area (Å²) in [5.74, 6) is -1.31. The van der Waals surface area contributed by atoms with Crippen LogP contribution >= 0.6 is 0 Å². The van der Waals surface area contributed by atoms with Crippen LogP contribution in [0.1, 0.15) is 37.4 Å². The van der Waals surface area contributed by atoms with E-state index in [4.69, 9.17) is 5.11 Å². The number of aryl methyl sites for hydroxylation is 2. The molecule has 7 heteroatoms. The Hall–Kier alpha value is -2.05. The van der Waals surface area contributed by atoms with Gasteiger partial charge in [0.1, 0.15) is 0 Å². The molecule has 1 fully saturated rings. The zero-order valence-electron chi connectivity index (χ0n) is 12.4. The maximum atomic E-state index is 11.9. The van der Waals surface area contributed by atoms with E-state index in [-0.39, 0.29) is 12.1 Å². The van der Waals surface area contributed by atoms with Gasteiger partial charge in [0.25, 0.3) is 0 Å². The second-order valence-corrected chi connectivity index (χ2v) is 5.44. The van der Waals surface area contributed by atoms with Gasteiger partial charge in [-0.25, -0.2) is 4.79 Å². The van der Waals surface area contributed by atoms with Crippen molar-refractivity contribution in [1.29, 1.82) is 0 Å². The first-order valence-electron chi connectivity index (χ1n) is 7.29. The average Bonchev–Trinajstić information content (AvgIpc) is 3.02. The minimum Gasteiger partial charge on any atom is -0.481 e. The van der Waals surface area contributed by atoms with Gasteiger partial charge in [-0.05, 0) is 19.3 Å². The van der Waals surface area contributed by atoms with E-state index in [1.54, 1.807) is 4.68 Å². The molecule has 1 saturated carbocycles. The van der Waals surface area contributed by atoms with E-state index in [0.29, 0.717) is 13.0 Å². The molecule has 0 radical (unpaired) electrons. The summed E-state index contributed by atoms with van der Waals surface area (Å²) in [7, 11) is 1.85. The molecule has 2 atom stereocenters. The van der Waals surface area contributed by atoms with E-state index in [1.165, 1.54) is 0 Å². The number of aliphatic carboxylic acids is 1. The minimum atomic E-state index is -0.835. The van der Waals surface area contributed by atoms with Crippen molar-refractivity contribution in [2.45, 2.75) is 45.2 Å². The predicted octanol–water partition coefficient (Wildman–Crippen LogP) is 1.03. The molecule has 1 aromatic heterocycles. The molecule has 1 aromatic rings. The maximum Gasteiger partial charge on any atom is 0.315 e. The van der Waals surface area contributed by atoms with Gasteiger partial charge in [-0.3, -0.25) is 9.48 Å². The van der Waals surface area contributed by atoms with Crippen LogP contribution in [0.15, 0.2) is 6.20 Å². The molecular weight excluding hydrogens is 272 g/mol. The number of carbonyl (C=O) groups excluding carboxylic acids is 1. The standard InChI is InChI=1S/C14H22N4O3/c1-3-11-9(8-18(2)17-11)7-15-14(21)16-12-6-4-5-10(12)13(19)20/h8,10,12H,3-7H2,1-2H3,(H,19,20)(H2,15,16,21). The number of amides is 2. The van der Waals surface area contributed by atoms with Gasteiger partial charge in [-0.15, -0.1) is 0 Å². The number of carboxylic acids is 1. The van der Waals surface area contributed by atoms with E-state index in [0.717, 1.165) is 30.5 Å². The van der Waals surface area contributed by atoms with Crippen LogP contribution in [0.5, 0.6) is 0 Å². The van der Waals surface area contributed by atoms with Crippen LogP contribution in [0.3, 0.4) is 0 Å². The number of nitrogens with one attached hydrogen (secondary N) is 2. The van der Waals surface area contributed by atoms with Gasteiger partial charge < -0.3 is 15.7 Å². The molecule has 1 heterocycles. The lowest BCUT2D eigenvalue weighted by molar-refractivity contribution is -0.142. The Kier molecular flexibility index (Phi) is 4.82. The Balaban J connectivity index is 1.86. The highest BCUT2D eigenvalue weighted by atomic mass is 16.4. The summed E-state index contributed by atoms with van der Waals surface area (Å²) in [6.07, 6.45) is 4.88. The topological polar surface area (TPSA) is 96.3 Å². The molecule has 1 aliphatic carbocycles. The van der Waals surface area contributed by atoms with E-state index in [9.17, 15) is 9.59 Å². The lowest BCUT2D eigenvalue weighted by Gasteiger charge is -2.17. The van der Waals surface area contributed by atoms with Crippen LogP contribution < -0.4 is 10.6 Å². The molecule has 0 aromatic carbocycles. The fraction of sp³-hybridized carbons (Fsp3) is 0.643. The highest BCUT2D eigenvalue weighted by molar-refractivity contribution is 5.77. The quantitative estimate of drug-likeness (QED) is 0.756. The fourth-order valence-electron chi connectivity index (χ4n) is 2.85. The number of aromatic nitrogens is 2. The number of nitrogens with zero attached hydrogens (tertiary/aromatic N) is 2. The van der Waals surface area contributed by atoms with Crippen molar-refractivity contribution in [2.75, 3.05) is 0 Å². The molecule has 116 valence electrons. The van der Waals surface area contributed by atoms with Crippen molar-refractivity contribution in [3.05, 3.63) is 17.5 Å². The Morgan fingerprint density at radius 3 is 2.90 bits per heavy atom. The van der Waals surface area contributed by atoms with E-state index in [1.807, 2.05) is 20.2 Å². The Bertz CT molecular complexity index is 526. The van der Waals surface area contributed by atoms with Crippen molar-refractivity contribution in [3.63, 3.8) is 0 Å². The normalized spacial score (nSPS) is 21.2. The molecule has 21 heavy (non-hydrogen) atoms. The Morgan fingerprint density at radius 2 is 2.24 bits per heavy atom. The summed E-state index contributed by atoms with van der Waals surface area (Å²) in [5.41, 5.74) is 1.94. The third-order valence-corrected chi connectivity index (χ3v) is 3.92. The summed E-state index contributed by atoms with van der Waals surface area (Å²) in [4.78, 5) is 23.0. The molecule has 2 unspecified atom stereocenters. The second kappa shape index (κ2) is 6.60. The largest absolute Gasteiger partial charge is 0.481 e. The first-order chi connectivity index (χ1) is 10.0. The third-order valence-electron chi connectivity index (χ3n) is 3.92. The number of carbonyl (C=O) groups is 2. The van der Waals surface area contributed by atoms with Crippen LogP contribution in [-0.4, -0.2) is 32.9 Å². The lowest BCUT2D eigenvalue weighted by Crippen LogP contribution is -2.45. The first-order valence-corrected chi connectivity index (χ1v) is 7.29. The highest BCUT2D eigenvalue weighted by Crippen LogP contribution is 2.25. The number of rotatable bonds is 5. The molecule has 7 nitrogen and oxygen atoms in total.